The van der Waals surface area contributed by atoms with Crippen LogP contribution in [0.2, 0.25) is 0 Å². The second-order valence-corrected chi connectivity index (χ2v) is 8.56. The number of benzene rings is 2. The third-order valence-electron chi connectivity index (χ3n) is 6.32. The van der Waals surface area contributed by atoms with E-state index in [0.717, 1.165) is 34.4 Å². The third-order valence-corrected chi connectivity index (χ3v) is 6.32. The van der Waals surface area contributed by atoms with E-state index < -0.39 is 11.9 Å². The lowest BCUT2D eigenvalue weighted by Crippen LogP contribution is -2.28. The molecule has 0 N–H and O–H groups in total. The molecule has 164 valence electrons. The Morgan fingerprint density at radius 1 is 1.10 bits per heavy atom. The van der Waals surface area contributed by atoms with Gasteiger partial charge in [-0.3, -0.25) is 14.4 Å². The van der Waals surface area contributed by atoms with E-state index in [1.54, 1.807) is 4.90 Å². The zero-order valence-electron chi connectivity index (χ0n) is 19.0. The highest BCUT2D eigenvalue weighted by Gasteiger charge is 2.37. The van der Waals surface area contributed by atoms with Crippen LogP contribution in [0.15, 0.2) is 36.4 Å². The minimum Gasteiger partial charge on any atom is -0.457 e. The highest BCUT2D eigenvalue weighted by molar-refractivity contribution is 6.02. The SMILES string of the molecule is CC[C@@H](C)c1ccccc1N1C[C@H](C(=O)OCC(=O)c2cc(C)c(C)cc2C)CC1=O. The van der Waals surface area contributed by atoms with Crippen LogP contribution in [0.3, 0.4) is 0 Å². The number of ketones is 1. The van der Waals surface area contributed by atoms with Crippen molar-refractivity contribution in [2.75, 3.05) is 18.1 Å². The van der Waals surface area contributed by atoms with Crippen LogP contribution in [0.4, 0.5) is 5.69 Å². The molecule has 2 atom stereocenters. The Hall–Kier alpha value is -2.95. The number of aryl methyl sites for hydroxylation is 3. The van der Waals surface area contributed by atoms with Gasteiger partial charge in [0.25, 0.3) is 0 Å². The van der Waals surface area contributed by atoms with Crippen molar-refractivity contribution in [3.63, 3.8) is 0 Å². The summed E-state index contributed by atoms with van der Waals surface area (Å²) in [5.74, 6) is -1.06. The molecule has 31 heavy (non-hydrogen) atoms. The number of esters is 1. The van der Waals surface area contributed by atoms with Crippen LogP contribution in [-0.4, -0.2) is 30.8 Å². The number of rotatable bonds is 7. The van der Waals surface area contributed by atoms with Gasteiger partial charge in [-0.1, -0.05) is 38.1 Å². The minimum absolute atomic E-state index is 0.0889. The second kappa shape index (κ2) is 9.46. The van der Waals surface area contributed by atoms with Crippen molar-refractivity contribution >= 4 is 23.3 Å². The smallest absolute Gasteiger partial charge is 0.311 e. The fraction of sp³-hybridized carbons (Fsp3) is 0.423. The first kappa shape index (κ1) is 22.7. The molecule has 0 aliphatic carbocycles. The maximum Gasteiger partial charge on any atom is 0.311 e. The normalized spacial score (nSPS) is 17.0. The Kier molecular flexibility index (Phi) is 6.94. The first-order chi connectivity index (χ1) is 14.7. The van der Waals surface area contributed by atoms with E-state index >= 15 is 0 Å². The lowest BCUT2D eigenvalue weighted by atomic mass is 9.96. The number of carbonyl (C=O) groups is 3. The molecule has 3 rings (SSSR count). The molecule has 1 fully saturated rings. The molecule has 1 amide bonds. The van der Waals surface area contributed by atoms with Gasteiger partial charge in [0.1, 0.15) is 0 Å². The molecule has 0 bridgehead atoms. The zero-order chi connectivity index (χ0) is 22.7. The number of Topliss-reactive ketones (excluding diaryl/α,β-unsaturated/α-hetero) is 1. The number of hydrogen-bond acceptors (Lipinski definition) is 4. The van der Waals surface area contributed by atoms with Crippen LogP contribution in [0.5, 0.6) is 0 Å². The predicted molar refractivity (Wildman–Crippen MR) is 122 cm³/mol. The summed E-state index contributed by atoms with van der Waals surface area (Å²) in [5.41, 5.74) is 5.55. The van der Waals surface area contributed by atoms with Gasteiger partial charge in [0.15, 0.2) is 6.61 Å². The minimum atomic E-state index is -0.564. The number of amides is 1. The number of hydrogen-bond donors (Lipinski definition) is 0. The monoisotopic (exact) mass is 421 g/mol. The van der Waals surface area contributed by atoms with E-state index in [9.17, 15) is 14.4 Å². The van der Waals surface area contributed by atoms with Gasteiger partial charge >= 0.3 is 5.97 Å². The predicted octanol–water partition coefficient (Wildman–Crippen LogP) is 4.90. The standard InChI is InChI=1S/C26H31NO4/c1-6-16(2)21-9-7-8-10-23(21)27-14-20(13-25(27)29)26(30)31-15-24(28)22-12-18(4)17(3)11-19(22)5/h7-12,16,20H,6,13-15H2,1-5H3/t16-,20-/m1/s1. The van der Waals surface area contributed by atoms with Gasteiger partial charge in [-0.05, 0) is 67.5 Å². The molecule has 0 radical (unpaired) electrons. The van der Waals surface area contributed by atoms with Gasteiger partial charge in [0.2, 0.25) is 11.7 Å². The van der Waals surface area contributed by atoms with Crippen molar-refractivity contribution in [3.05, 3.63) is 64.2 Å². The molecule has 0 unspecified atom stereocenters. The van der Waals surface area contributed by atoms with Gasteiger partial charge in [0.05, 0.1) is 5.92 Å². The summed E-state index contributed by atoms with van der Waals surface area (Å²) < 4.78 is 5.33. The van der Waals surface area contributed by atoms with Crippen LogP contribution < -0.4 is 4.90 Å². The largest absolute Gasteiger partial charge is 0.457 e. The Bertz CT molecular complexity index is 1010. The summed E-state index contributed by atoms with van der Waals surface area (Å²) in [4.78, 5) is 39.6. The summed E-state index contributed by atoms with van der Waals surface area (Å²) in [5, 5.41) is 0. The van der Waals surface area contributed by atoms with Crippen molar-refractivity contribution < 1.29 is 19.1 Å². The molecular formula is C26H31NO4. The van der Waals surface area contributed by atoms with E-state index in [2.05, 4.69) is 13.8 Å². The fourth-order valence-corrected chi connectivity index (χ4v) is 4.06. The number of nitrogens with zero attached hydrogens (tertiary/aromatic N) is 1. The molecule has 0 spiro atoms. The lowest BCUT2D eigenvalue weighted by Gasteiger charge is -2.23. The van der Waals surface area contributed by atoms with Crippen molar-refractivity contribution in [2.24, 2.45) is 5.92 Å². The molecule has 1 saturated heterocycles. The summed E-state index contributed by atoms with van der Waals surface area (Å²) in [6, 6.07) is 11.6. The molecule has 1 aliphatic heterocycles. The van der Waals surface area contributed by atoms with Crippen molar-refractivity contribution in [1.29, 1.82) is 0 Å². The molecule has 2 aromatic carbocycles. The van der Waals surface area contributed by atoms with E-state index in [1.807, 2.05) is 57.2 Å². The number of ether oxygens (including phenoxy) is 1. The molecule has 0 saturated carbocycles. The van der Waals surface area contributed by atoms with Crippen LogP contribution in [0.1, 0.15) is 65.2 Å². The first-order valence-electron chi connectivity index (χ1n) is 10.9. The quantitative estimate of drug-likeness (QED) is 0.471. The third kappa shape index (κ3) is 4.87. The Balaban J connectivity index is 1.66. The highest BCUT2D eigenvalue weighted by Crippen LogP contribution is 2.33. The first-order valence-corrected chi connectivity index (χ1v) is 10.9. The maximum absolute atomic E-state index is 12.7. The average molecular weight is 422 g/mol. The summed E-state index contributed by atoms with van der Waals surface area (Å²) in [6.07, 6.45) is 1.06. The summed E-state index contributed by atoms with van der Waals surface area (Å²) >= 11 is 0. The number of anilines is 1. The van der Waals surface area contributed by atoms with E-state index in [0.29, 0.717) is 11.5 Å². The molecule has 5 nitrogen and oxygen atoms in total. The van der Waals surface area contributed by atoms with Crippen molar-refractivity contribution in [3.8, 4) is 0 Å². The lowest BCUT2D eigenvalue weighted by molar-refractivity contribution is -0.147. The molecule has 1 aliphatic rings. The van der Waals surface area contributed by atoms with Gasteiger partial charge in [0, 0.05) is 24.2 Å². The van der Waals surface area contributed by atoms with E-state index in [4.69, 9.17) is 4.74 Å². The van der Waals surface area contributed by atoms with Crippen LogP contribution in [0, 0.1) is 26.7 Å². The molecule has 0 aromatic heterocycles. The summed E-state index contributed by atoms with van der Waals surface area (Å²) in [7, 11) is 0. The Morgan fingerprint density at radius 3 is 2.48 bits per heavy atom. The molecular weight excluding hydrogens is 390 g/mol. The number of para-hydroxylation sites is 1. The zero-order valence-corrected chi connectivity index (χ0v) is 19.0. The van der Waals surface area contributed by atoms with Crippen LogP contribution in [0.25, 0.3) is 0 Å². The number of carbonyl (C=O) groups excluding carboxylic acids is 3. The molecule has 5 heteroatoms. The van der Waals surface area contributed by atoms with Gasteiger partial charge in [-0.25, -0.2) is 0 Å². The summed E-state index contributed by atoms with van der Waals surface area (Å²) in [6.45, 7) is 10.0. The average Bonchev–Trinajstić information content (AvgIpc) is 3.15. The second-order valence-electron chi connectivity index (χ2n) is 8.56. The highest BCUT2D eigenvalue weighted by atomic mass is 16.5. The van der Waals surface area contributed by atoms with Gasteiger partial charge in [-0.15, -0.1) is 0 Å². The molecule has 1 heterocycles. The molecule has 2 aromatic rings. The van der Waals surface area contributed by atoms with Gasteiger partial charge < -0.3 is 9.64 Å². The van der Waals surface area contributed by atoms with Crippen LogP contribution >= 0.6 is 0 Å². The van der Waals surface area contributed by atoms with Crippen molar-refractivity contribution in [1.82, 2.24) is 0 Å². The Labute approximate surface area is 184 Å². The topological polar surface area (TPSA) is 63.7 Å². The van der Waals surface area contributed by atoms with E-state index in [1.165, 1.54) is 0 Å². The maximum atomic E-state index is 12.7. The van der Waals surface area contributed by atoms with Gasteiger partial charge in [-0.2, -0.15) is 0 Å². The fourth-order valence-electron chi connectivity index (χ4n) is 4.06. The van der Waals surface area contributed by atoms with E-state index in [-0.39, 0.29) is 31.3 Å². The van der Waals surface area contributed by atoms with Crippen LogP contribution in [-0.2, 0) is 14.3 Å². The van der Waals surface area contributed by atoms with Crippen molar-refractivity contribution in [2.45, 2.75) is 53.4 Å². The Morgan fingerprint density at radius 2 is 1.77 bits per heavy atom.